The maximum absolute atomic E-state index is 10.2. The van der Waals surface area contributed by atoms with Crippen LogP contribution in [-0.4, -0.2) is 42.4 Å². The summed E-state index contributed by atoms with van der Waals surface area (Å²) in [5.74, 6) is 1.79. The Balaban J connectivity index is 2.46. The smallest absolute Gasteiger partial charge is 0.138 e. The number of aliphatic hydroxyl groups is 1. The summed E-state index contributed by atoms with van der Waals surface area (Å²) in [5.41, 5.74) is 0. The zero-order valence-corrected chi connectivity index (χ0v) is 14.3. The second-order valence-electron chi connectivity index (χ2n) is 6.40. The second kappa shape index (κ2) is 9.29. The van der Waals surface area contributed by atoms with Gasteiger partial charge >= 0.3 is 0 Å². The zero-order chi connectivity index (χ0) is 15.8. The molecule has 120 valence electrons. The normalized spacial score (nSPS) is 13.2. The Morgan fingerprint density at radius 1 is 1.05 bits per heavy atom. The van der Waals surface area contributed by atoms with Crippen LogP contribution in [0.25, 0.3) is 0 Å². The number of para-hydroxylation sites is 1. The maximum atomic E-state index is 10.2. The average Bonchev–Trinajstić information content (AvgIpc) is 2.36. The second-order valence-corrected chi connectivity index (χ2v) is 6.81. The Bertz CT molecular complexity index is 400. The Morgan fingerprint density at radius 2 is 1.62 bits per heavy atom. The minimum Gasteiger partial charge on any atom is -0.489 e. The summed E-state index contributed by atoms with van der Waals surface area (Å²) in [4.78, 5) is 2.30. The van der Waals surface area contributed by atoms with Gasteiger partial charge in [-0.3, -0.25) is 0 Å². The highest BCUT2D eigenvalue weighted by Gasteiger charge is 2.15. The molecule has 0 saturated heterocycles. The summed E-state index contributed by atoms with van der Waals surface area (Å²) in [6.45, 7) is 11.6. The maximum Gasteiger partial charge on any atom is 0.138 e. The fourth-order valence-corrected chi connectivity index (χ4v) is 2.55. The van der Waals surface area contributed by atoms with E-state index >= 15 is 0 Å². The molecule has 0 saturated carbocycles. The summed E-state index contributed by atoms with van der Waals surface area (Å²) in [5, 5.41) is 10.8. The molecule has 0 fully saturated rings. The van der Waals surface area contributed by atoms with Crippen LogP contribution >= 0.6 is 11.6 Å². The number of nitrogens with zero attached hydrogens (tertiary/aromatic N) is 1. The quantitative estimate of drug-likeness (QED) is 0.754. The van der Waals surface area contributed by atoms with Crippen molar-refractivity contribution < 1.29 is 9.84 Å². The number of ether oxygens (including phenoxy) is 1. The third kappa shape index (κ3) is 7.70. The zero-order valence-electron chi connectivity index (χ0n) is 13.6. The molecule has 0 aromatic heterocycles. The van der Waals surface area contributed by atoms with Crippen molar-refractivity contribution in [2.45, 2.75) is 33.8 Å². The van der Waals surface area contributed by atoms with Gasteiger partial charge in [0.2, 0.25) is 0 Å². The Labute approximate surface area is 133 Å². The first-order valence-corrected chi connectivity index (χ1v) is 8.04. The molecule has 1 atom stereocenters. The fraction of sp³-hybridized carbons (Fsp3) is 0.647. The SMILES string of the molecule is CC(C)CN(CC(C)C)C[C@H](O)COc1ccccc1Cl. The monoisotopic (exact) mass is 313 g/mol. The average molecular weight is 314 g/mol. The van der Waals surface area contributed by atoms with Crippen LogP contribution < -0.4 is 4.74 Å². The van der Waals surface area contributed by atoms with Gasteiger partial charge in [-0.05, 0) is 24.0 Å². The van der Waals surface area contributed by atoms with Crippen LogP contribution in [0.15, 0.2) is 24.3 Å². The fourth-order valence-electron chi connectivity index (χ4n) is 2.35. The third-order valence-corrected chi connectivity index (χ3v) is 3.30. The van der Waals surface area contributed by atoms with Crippen molar-refractivity contribution in [3.05, 3.63) is 29.3 Å². The van der Waals surface area contributed by atoms with Gasteiger partial charge in [-0.15, -0.1) is 0 Å². The van der Waals surface area contributed by atoms with Crippen molar-refractivity contribution >= 4 is 11.6 Å². The summed E-state index contributed by atoms with van der Waals surface area (Å²) < 4.78 is 5.60. The highest BCUT2D eigenvalue weighted by molar-refractivity contribution is 6.32. The van der Waals surface area contributed by atoms with Crippen LogP contribution in [0.1, 0.15) is 27.7 Å². The molecule has 0 heterocycles. The van der Waals surface area contributed by atoms with Gasteiger partial charge in [-0.2, -0.15) is 0 Å². The molecule has 3 nitrogen and oxygen atoms in total. The van der Waals surface area contributed by atoms with Crippen LogP contribution in [0.2, 0.25) is 5.02 Å². The third-order valence-electron chi connectivity index (χ3n) is 2.98. The first-order chi connectivity index (χ1) is 9.88. The van der Waals surface area contributed by atoms with E-state index in [0.717, 1.165) is 13.1 Å². The van der Waals surface area contributed by atoms with Crippen molar-refractivity contribution in [3.63, 3.8) is 0 Å². The van der Waals surface area contributed by atoms with E-state index in [9.17, 15) is 5.11 Å². The summed E-state index contributed by atoms with van der Waals surface area (Å²) in [7, 11) is 0. The molecule has 0 amide bonds. The van der Waals surface area contributed by atoms with Gasteiger partial charge in [0.1, 0.15) is 18.5 Å². The number of hydrogen-bond donors (Lipinski definition) is 1. The lowest BCUT2D eigenvalue weighted by molar-refractivity contribution is 0.0601. The van der Waals surface area contributed by atoms with Crippen molar-refractivity contribution in [2.75, 3.05) is 26.2 Å². The first-order valence-electron chi connectivity index (χ1n) is 7.66. The molecule has 21 heavy (non-hydrogen) atoms. The Kier molecular flexibility index (Phi) is 8.09. The van der Waals surface area contributed by atoms with Crippen LogP contribution in [-0.2, 0) is 0 Å². The number of halogens is 1. The molecule has 0 unspecified atom stereocenters. The summed E-state index contributed by atoms with van der Waals surface area (Å²) >= 11 is 6.03. The number of rotatable bonds is 9. The molecule has 0 radical (unpaired) electrons. The Hall–Kier alpha value is -0.770. The van der Waals surface area contributed by atoms with Crippen LogP contribution in [0.3, 0.4) is 0 Å². The number of aliphatic hydroxyl groups excluding tert-OH is 1. The van der Waals surface area contributed by atoms with E-state index in [0.29, 0.717) is 29.2 Å². The molecule has 0 aliphatic carbocycles. The van der Waals surface area contributed by atoms with Crippen molar-refractivity contribution in [2.24, 2.45) is 11.8 Å². The highest BCUT2D eigenvalue weighted by Crippen LogP contribution is 2.23. The largest absolute Gasteiger partial charge is 0.489 e. The van der Waals surface area contributed by atoms with E-state index in [-0.39, 0.29) is 6.61 Å². The minimum absolute atomic E-state index is 0.260. The lowest BCUT2D eigenvalue weighted by Gasteiger charge is -2.28. The lowest BCUT2D eigenvalue weighted by atomic mass is 10.1. The van der Waals surface area contributed by atoms with Gasteiger partial charge < -0.3 is 14.7 Å². The number of hydrogen-bond acceptors (Lipinski definition) is 3. The minimum atomic E-state index is -0.515. The van der Waals surface area contributed by atoms with E-state index in [4.69, 9.17) is 16.3 Å². The molecule has 0 bridgehead atoms. The molecule has 1 aromatic carbocycles. The lowest BCUT2D eigenvalue weighted by Crippen LogP contribution is -2.39. The molecular formula is C17H28ClNO2. The van der Waals surface area contributed by atoms with Gasteiger partial charge in [-0.1, -0.05) is 51.4 Å². The van der Waals surface area contributed by atoms with Crippen LogP contribution in [0, 0.1) is 11.8 Å². The van der Waals surface area contributed by atoms with Gasteiger partial charge in [-0.25, -0.2) is 0 Å². The van der Waals surface area contributed by atoms with Gasteiger partial charge in [0, 0.05) is 19.6 Å². The van der Waals surface area contributed by atoms with Crippen LogP contribution in [0.4, 0.5) is 0 Å². The molecular weight excluding hydrogens is 286 g/mol. The van der Waals surface area contributed by atoms with Crippen molar-refractivity contribution in [1.29, 1.82) is 0 Å². The highest BCUT2D eigenvalue weighted by atomic mass is 35.5. The predicted octanol–water partition coefficient (Wildman–Crippen LogP) is 3.69. The Morgan fingerprint density at radius 3 is 2.14 bits per heavy atom. The van der Waals surface area contributed by atoms with Gasteiger partial charge in [0.15, 0.2) is 0 Å². The van der Waals surface area contributed by atoms with Crippen LogP contribution in [0.5, 0.6) is 5.75 Å². The molecule has 1 N–H and O–H groups in total. The van der Waals surface area contributed by atoms with E-state index in [2.05, 4.69) is 32.6 Å². The molecule has 1 rings (SSSR count). The first kappa shape index (κ1) is 18.3. The molecule has 4 heteroatoms. The summed E-state index contributed by atoms with van der Waals surface area (Å²) in [6, 6.07) is 7.33. The molecule has 0 aliphatic rings. The number of benzene rings is 1. The predicted molar refractivity (Wildman–Crippen MR) is 89.1 cm³/mol. The summed E-state index contributed by atoms with van der Waals surface area (Å²) in [6.07, 6.45) is -0.515. The van der Waals surface area contributed by atoms with Crippen molar-refractivity contribution in [3.8, 4) is 5.75 Å². The van der Waals surface area contributed by atoms with Crippen molar-refractivity contribution in [1.82, 2.24) is 4.90 Å². The van der Waals surface area contributed by atoms with E-state index in [1.54, 1.807) is 6.07 Å². The topological polar surface area (TPSA) is 32.7 Å². The van der Waals surface area contributed by atoms with E-state index < -0.39 is 6.10 Å². The van der Waals surface area contributed by atoms with Gasteiger partial charge in [0.05, 0.1) is 5.02 Å². The van der Waals surface area contributed by atoms with Gasteiger partial charge in [0.25, 0.3) is 0 Å². The standard InChI is InChI=1S/C17H28ClNO2/c1-13(2)9-19(10-14(3)4)11-15(20)12-21-17-8-6-5-7-16(17)18/h5-8,13-15,20H,9-12H2,1-4H3/t15-/m0/s1. The molecule has 0 aliphatic heterocycles. The van der Waals surface area contributed by atoms with E-state index in [1.807, 2.05) is 18.2 Å². The molecule has 0 spiro atoms. The van der Waals surface area contributed by atoms with E-state index in [1.165, 1.54) is 0 Å². The molecule has 1 aromatic rings.